The van der Waals surface area contributed by atoms with Crippen LogP contribution in [0.4, 0.5) is 0 Å². The van der Waals surface area contributed by atoms with Crippen LogP contribution in [0.15, 0.2) is 77.1 Å². The lowest BCUT2D eigenvalue weighted by Gasteiger charge is -2.37. The average molecular weight is 446 g/mol. The Morgan fingerprint density at radius 1 is 1.06 bits per heavy atom. The number of para-hydroxylation sites is 1. The number of carbonyl (C=O) groups excluding carboxylic acids is 2. The molecule has 1 aliphatic heterocycles. The first-order chi connectivity index (χ1) is 16.0. The van der Waals surface area contributed by atoms with Gasteiger partial charge in [-0.3, -0.25) is 4.79 Å². The van der Waals surface area contributed by atoms with Gasteiger partial charge in [0, 0.05) is 29.0 Å². The molecule has 2 unspecified atom stereocenters. The second-order valence-corrected chi connectivity index (χ2v) is 8.66. The van der Waals surface area contributed by atoms with Crippen molar-refractivity contribution >= 4 is 11.8 Å². The van der Waals surface area contributed by atoms with E-state index in [1.165, 1.54) is 7.11 Å². The van der Waals surface area contributed by atoms with Crippen molar-refractivity contribution in [3.05, 3.63) is 88.3 Å². The van der Waals surface area contributed by atoms with Gasteiger partial charge in [0.2, 0.25) is 0 Å². The van der Waals surface area contributed by atoms with E-state index in [0.29, 0.717) is 36.3 Å². The summed E-state index contributed by atoms with van der Waals surface area (Å²) in [6.45, 7) is 4.58. The van der Waals surface area contributed by atoms with Gasteiger partial charge in [0.1, 0.15) is 5.75 Å². The van der Waals surface area contributed by atoms with Crippen LogP contribution >= 0.6 is 0 Å². The summed E-state index contributed by atoms with van der Waals surface area (Å²) in [5.74, 6) is -0.0838. The number of hydrogen-bond donors (Lipinski definition) is 1. The molecule has 0 saturated heterocycles. The van der Waals surface area contributed by atoms with Crippen molar-refractivity contribution in [2.45, 2.75) is 51.4 Å². The van der Waals surface area contributed by atoms with Gasteiger partial charge in [-0.15, -0.1) is 0 Å². The van der Waals surface area contributed by atoms with Gasteiger partial charge in [-0.05, 0) is 37.3 Å². The quantitative estimate of drug-likeness (QED) is 0.457. The van der Waals surface area contributed by atoms with Gasteiger partial charge in [-0.25, -0.2) is 4.79 Å². The van der Waals surface area contributed by atoms with Crippen molar-refractivity contribution in [2.24, 2.45) is 0 Å². The maximum atomic E-state index is 13.6. The molecule has 0 bridgehead atoms. The maximum absolute atomic E-state index is 13.6. The van der Waals surface area contributed by atoms with E-state index >= 15 is 0 Å². The van der Waals surface area contributed by atoms with Crippen LogP contribution in [0.1, 0.15) is 62.5 Å². The number of ketones is 1. The fraction of sp³-hybridized carbons (Fsp3) is 0.357. The van der Waals surface area contributed by atoms with E-state index in [1.54, 1.807) is 0 Å². The van der Waals surface area contributed by atoms with Gasteiger partial charge < -0.3 is 14.8 Å². The summed E-state index contributed by atoms with van der Waals surface area (Å²) in [6, 6.07) is 17.9. The Bertz CT molecular complexity index is 1100. The van der Waals surface area contributed by atoms with Gasteiger partial charge in [-0.2, -0.15) is 0 Å². The number of allylic oxidation sites excluding steroid dienone is 3. The molecule has 4 rings (SSSR count). The number of unbranched alkanes of at least 4 members (excludes halogenated alkanes) is 1. The molecule has 2 atom stereocenters. The Kier molecular flexibility index (Phi) is 6.97. The minimum Gasteiger partial charge on any atom is -0.493 e. The van der Waals surface area contributed by atoms with Crippen LogP contribution in [-0.4, -0.2) is 25.5 Å². The second kappa shape index (κ2) is 10.1. The molecule has 0 saturated carbocycles. The molecule has 1 heterocycles. The zero-order valence-corrected chi connectivity index (χ0v) is 19.5. The normalized spacial score (nSPS) is 20.3. The van der Waals surface area contributed by atoms with Crippen LogP contribution < -0.4 is 10.1 Å². The second-order valence-electron chi connectivity index (χ2n) is 8.66. The highest BCUT2D eigenvalue weighted by Crippen LogP contribution is 2.47. The van der Waals surface area contributed by atoms with E-state index in [9.17, 15) is 9.59 Å². The van der Waals surface area contributed by atoms with Crippen molar-refractivity contribution < 1.29 is 19.1 Å². The fourth-order valence-electron chi connectivity index (χ4n) is 4.87. The van der Waals surface area contributed by atoms with Gasteiger partial charge >= 0.3 is 5.97 Å². The number of carbonyl (C=O) groups is 2. The fourth-order valence-corrected chi connectivity index (χ4v) is 4.87. The Labute approximate surface area is 195 Å². The minimum atomic E-state index is -0.518. The zero-order valence-electron chi connectivity index (χ0n) is 19.5. The third-order valence-corrected chi connectivity index (χ3v) is 6.49. The third kappa shape index (κ3) is 4.58. The maximum Gasteiger partial charge on any atom is 0.336 e. The summed E-state index contributed by atoms with van der Waals surface area (Å²) in [4.78, 5) is 26.5. The first-order valence-corrected chi connectivity index (χ1v) is 11.6. The Morgan fingerprint density at radius 2 is 1.79 bits per heavy atom. The van der Waals surface area contributed by atoms with Crippen molar-refractivity contribution in [2.75, 3.05) is 13.7 Å². The van der Waals surface area contributed by atoms with E-state index in [2.05, 4.69) is 24.4 Å². The average Bonchev–Trinajstić information content (AvgIpc) is 2.83. The van der Waals surface area contributed by atoms with Crippen LogP contribution in [-0.2, 0) is 14.3 Å². The lowest BCUT2D eigenvalue weighted by Crippen LogP contribution is -2.36. The number of Topliss-reactive ketones (excluding diaryl/α,β-unsaturated/α-hetero) is 1. The lowest BCUT2D eigenvalue weighted by atomic mass is 9.71. The molecule has 0 aromatic heterocycles. The molecular formula is C28H31NO4. The Balaban J connectivity index is 1.80. The summed E-state index contributed by atoms with van der Waals surface area (Å²) in [6.07, 6.45) is 3.08. The molecule has 1 aliphatic carbocycles. The van der Waals surface area contributed by atoms with Gasteiger partial charge in [-0.1, -0.05) is 61.9 Å². The number of dihydropyridines is 1. The van der Waals surface area contributed by atoms with Crippen molar-refractivity contribution in [1.29, 1.82) is 0 Å². The zero-order chi connectivity index (χ0) is 23.4. The first kappa shape index (κ1) is 22.8. The summed E-state index contributed by atoms with van der Waals surface area (Å²) in [5, 5.41) is 3.38. The number of rotatable bonds is 7. The van der Waals surface area contributed by atoms with Gasteiger partial charge in [0.15, 0.2) is 5.78 Å². The predicted molar refractivity (Wildman–Crippen MR) is 128 cm³/mol. The van der Waals surface area contributed by atoms with Crippen LogP contribution in [0.2, 0.25) is 0 Å². The molecular weight excluding hydrogens is 414 g/mol. The first-order valence-electron chi connectivity index (χ1n) is 11.6. The van der Waals surface area contributed by atoms with E-state index in [4.69, 9.17) is 9.47 Å². The van der Waals surface area contributed by atoms with Crippen LogP contribution in [0.25, 0.3) is 0 Å². The summed E-state index contributed by atoms with van der Waals surface area (Å²) < 4.78 is 11.2. The van der Waals surface area contributed by atoms with Crippen molar-refractivity contribution in [1.82, 2.24) is 5.32 Å². The number of methoxy groups -OCH3 is 1. The number of ether oxygens (including phenoxy) is 2. The highest BCUT2D eigenvalue weighted by molar-refractivity contribution is 6.04. The van der Waals surface area contributed by atoms with Gasteiger partial charge in [0.25, 0.3) is 0 Å². The van der Waals surface area contributed by atoms with Crippen LogP contribution in [0, 0.1) is 0 Å². The smallest absolute Gasteiger partial charge is 0.336 e. The van der Waals surface area contributed by atoms with Crippen molar-refractivity contribution in [3.8, 4) is 5.75 Å². The molecule has 172 valence electrons. The van der Waals surface area contributed by atoms with E-state index < -0.39 is 11.9 Å². The van der Waals surface area contributed by atoms with Crippen LogP contribution in [0.3, 0.4) is 0 Å². The van der Waals surface area contributed by atoms with E-state index in [0.717, 1.165) is 35.4 Å². The highest BCUT2D eigenvalue weighted by Gasteiger charge is 2.42. The Morgan fingerprint density at radius 3 is 2.52 bits per heavy atom. The number of nitrogens with one attached hydrogen (secondary N) is 1. The van der Waals surface area contributed by atoms with E-state index in [1.807, 2.05) is 49.4 Å². The molecule has 0 fully saturated rings. The molecule has 2 aromatic carbocycles. The monoisotopic (exact) mass is 445 g/mol. The highest BCUT2D eigenvalue weighted by atomic mass is 16.5. The number of esters is 1. The minimum absolute atomic E-state index is 0.0554. The lowest BCUT2D eigenvalue weighted by molar-refractivity contribution is -0.136. The Hall–Kier alpha value is -3.34. The summed E-state index contributed by atoms with van der Waals surface area (Å²) in [5.41, 5.74) is 4.71. The standard InChI is InChI=1S/C28H31NO4/c1-4-5-15-33-24-14-10-9-13-21(24)26-25(28(31)32-3)18(2)29-22-16-20(17-23(30)27(22)26)19-11-7-6-8-12-19/h6-14,20,26,29H,4-5,15-17H2,1-3H3. The molecule has 2 aromatic rings. The largest absolute Gasteiger partial charge is 0.493 e. The van der Waals surface area contributed by atoms with Crippen LogP contribution in [0.5, 0.6) is 5.75 Å². The third-order valence-electron chi connectivity index (χ3n) is 6.49. The molecule has 2 aliphatic rings. The molecule has 5 heteroatoms. The predicted octanol–water partition coefficient (Wildman–Crippen LogP) is 5.40. The van der Waals surface area contributed by atoms with E-state index in [-0.39, 0.29) is 11.7 Å². The van der Waals surface area contributed by atoms with Crippen molar-refractivity contribution in [3.63, 3.8) is 0 Å². The molecule has 0 radical (unpaired) electrons. The SMILES string of the molecule is CCCCOc1ccccc1C1C(C(=O)OC)=C(C)NC2=C1C(=O)CC(c1ccccc1)C2. The summed E-state index contributed by atoms with van der Waals surface area (Å²) >= 11 is 0. The molecule has 5 nitrogen and oxygen atoms in total. The molecule has 33 heavy (non-hydrogen) atoms. The number of benzene rings is 2. The molecule has 0 spiro atoms. The summed E-state index contributed by atoms with van der Waals surface area (Å²) in [7, 11) is 1.38. The van der Waals surface area contributed by atoms with Gasteiger partial charge in [0.05, 0.1) is 25.2 Å². The molecule has 1 N–H and O–H groups in total. The number of hydrogen-bond acceptors (Lipinski definition) is 5. The topological polar surface area (TPSA) is 64.6 Å². The molecule has 0 amide bonds.